The topological polar surface area (TPSA) is 30.0 Å². The van der Waals surface area contributed by atoms with E-state index in [1.165, 1.54) is 0 Å². The van der Waals surface area contributed by atoms with E-state index < -0.39 is 0 Å². The molecular weight excluding hydrogens is 414 g/mol. The third-order valence-corrected chi connectivity index (χ3v) is 2.56. The predicted molar refractivity (Wildman–Crippen MR) is 74.1 cm³/mol. The van der Waals surface area contributed by atoms with Crippen molar-refractivity contribution in [3.63, 3.8) is 0 Å². The van der Waals surface area contributed by atoms with Crippen molar-refractivity contribution in [1.82, 2.24) is 4.98 Å². The zero-order chi connectivity index (χ0) is 12.3. The Bertz CT molecular complexity index is 506. The Morgan fingerprint density at radius 2 is 1.95 bits per heavy atom. The van der Waals surface area contributed by atoms with Gasteiger partial charge in [-0.3, -0.25) is 4.79 Å². The van der Waals surface area contributed by atoms with Gasteiger partial charge in [0.25, 0.3) is 0 Å². The van der Waals surface area contributed by atoms with Gasteiger partial charge in [0, 0.05) is 37.8 Å². The molecule has 2 nitrogen and oxygen atoms in total. The molecule has 0 bridgehead atoms. The Kier molecular flexibility index (Phi) is 7.43. The van der Waals surface area contributed by atoms with Gasteiger partial charge in [-0.2, -0.15) is 0 Å². The Hall–Kier alpha value is -1.31. The minimum absolute atomic E-state index is 0. The molecule has 1 aromatic heterocycles. The zero-order valence-electron chi connectivity index (χ0n) is 11.3. The van der Waals surface area contributed by atoms with Gasteiger partial charge >= 0.3 is 0 Å². The fourth-order valence-electron chi connectivity index (χ4n) is 1.58. The summed E-state index contributed by atoms with van der Waals surface area (Å²) in [6.07, 6.45) is 1.64. The molecule has 0 unspecified atom stereocenters. The molecule has 3 heteroatoms. The molecule has 1 aromatic carbocycles. The Labute approximate surface area is 128 Å². The minimum Gasteiger partial charge on any atom is -0.358 e. The van der Waals surface area contributed by atoms with Gasteiger partial charge in [-0.1, -0.05) is 26.0 Å². The van der Waals surface area contributed by atoms with Gasteiger partial charge in [0.05, 0.1) is 0 Å². The van der Waals surface area contributed by atoms with Crippen molar-refractivity contribution in [2.45, 2.75) is 13.8 Å². The normalized spacial score (nSPS) is 9.42. The zero-order valence-corrected chi connectivity index (χ0v) is 13.7. The number of hydrogen-bond donors (Lipinski definition) is 0. The van der Waals surface area contributed by atoms with E-state index in [0.717, 1.165) is 11.3 Å². The molecule has 0 aliphatic rings. The molecule has 0 amide bonds. The van der Waals surface area contributed by atoms with Gasteiger partial charge in [-0.15, -0.1) is 35.9 Å². The van der Waals surface area contributed by atoms with Crippen LogP contribution >= 0.6 is 0 Å². The first-order valence-electron chi connectivity index (χ1n) is 5.66. The van der Waals surface area contributed by atoms with Crippen LogP contribution in [-0.4, -0.2) is 10.8 Å². The second-order valence-corrected chi connectivity index (χ2v) is 4.23. The van der Waals surface area contributed by atoms with Gasteiger partial charge in [0.15, 0.2) is 5.78 Å². The Morgan fingerprint density at radius 1 is 1.21 bits per heavy atom. The number of carbonyl (C=O) groups is 1. The van der Waals surface area contributed by atoms with Crippen molar-refractivity contribution in [1.29, 1.82) is 0 Å². The molecule has 0 fully saturated rings. The quantitative estimate of drug-likeness (QED) is 0.546. The predicted octanol–water partition coefficient (Wildman–Crippen LogP) is 3.84. The molecule has 0 atom stereocenters. The van der Waals surface area contributed by atoms with Crippen LogP contribution < -0.4 is 0 Å². The maximum atomic E-state index is 11.7. The molecule has 19 heavy (non-hydrogen) atoms. The average molecular weight is 432 g/mol. The number of hydrogen-bond acceptors (Lipinski definition) is 2. The molecular formula is C16H17IrNO-2. The molecule has 2 aromatic rings. The summed E-state index contributed by atoms with van der Waals surface area (Å²) < 4.78 is 0. The van der Waals surface area contributed by atoms with E-state index in [-0.39, 0.29) is 39.2 Å². The third-order valence-electron chi connectivity index (χ3n) is 2.56. The van der Waals surface area contributed by atoms with E-state index in [2.05, 4.69) is 11.1 Å². The SMILES string of the molecule is CC(C)C(=O)c1ccc(-c2[c-]cccc2)nc1.[CH3-].[Ir]. The summed E-state index contributed by atoms with van der Waals surface area (Å²) in [6, 6.07) is 14.5. The van der Waals surface area contributed by atoms with Gasteiger partial charge < -0.3 is 12.4 Å². The summed E-state index contributed by atoms with van der Waals surface area (Å²) in [5.74, 6) is 0.132. The van der Waals surface area contributed by atoms with E-state index in [1.807, 2.05) is 50.2 Å². The van der Waals surface area contributed by atoms with Crippen LogP contribution in [0.25, 0.3) is 11.3 Å². The van der Waals surface area contributed by atoms with Crippen molar-refractivity contribution in [2.24, 2.45) is 5.92 Å². The maximum Gasteiger partial charge on any atom is 0.166 e. The van der Waals surface area contributed by atoms with Crippen LogP contribution in [0, 0.1) is 19.4 Å². The van der Waals surface area contributed by atoms with E-state index in [1.54, 1.807) is 6.20 Å². The number of rotatable bonds is 3. The Morgan fingerprint density at radius 3 is 2.42 bits per heavy atom. The van der Waals surface area contributed by atoms with Crippen LogP contribution in [0.2, 0.25) is 0 Å². The van der Waals surface area contributed by atoms with Crippen molar-refractivity contribution in [3.8, 4) is 11.3 Å². The van der Waals surface area contributed by atoms with Crippen molar-refractivity contribution in [3.05, 3.63) is 61.7 Å². The number of aromatic nitrogens is 1. The molecule has 0 spiro atoms. The molecule has 2 rings (SSSR count). The summed E-state index contributed by atoms with van der Waals surface area (Å²) in [5, 5.41) is 0. The number of benzene rings is 1. The monoisotopic (exact) mass is 432 g/mol. The van der Waals surface area contributed by atoms with E-state index in [0.29, 0.717) is 5.56 Å². The summed E-state index contributed by atoms with van der Waals surface area (Å²) >= 11 is 0. The van der Waals surface area contributed by atoms with Crippen LogP contribution in [0.4, 0.5) is 0 Å². The molecule has 0 saturated carbocycles. The number of nitrogens with zero attached hydrogens (tertiary/aromatic N) is 1. The molecule has 0 saturated heterocycles. The van der Waals surface area contributed by atoms with Crippen LogP contribution in [-0.2, 0) is 20.1 Å². The second-order valence-electron chi connectivity index (χ2n) is 4.23. The minimum atomic E-state index is 0. The largest absolute Gasteiger partial charge is 0.358 e. The van der Waals surface area contributed by atoms with Crippen molar-refractivity contribution < 1.29 is 24.9 Å². The molecule has 1 radical (unpaired) electrons. The molecule has 1 heterocycles. The van der Waals surface area contributed by atoms with Crippen LogP contribution in [0.3, 0.4) is 0 Å². The van der Waals surface area contributed by atoms with Crippen LogP contribution in [0.5, 0.6) is 0 Å². The Balaban J connectivity index is 0.00000162. The third kappa shape index (κ3) is 4.38. The fourth-order valence-corrected chi connectivity index (χ4v) is 1.58. The average Bonchev–Trinajstić information content (AvgIpc) is 2.39. The number of Topliss-reactive ketones (excluding diaryl/α,β-unsaturated/α-hetero) is 1. The smallest absolute Gasteiger partial charge is 0.166 e. The van der Waals surface area contributed by atoms with Crippen molar-refractivity contribution in [2.75, 3.05) is 0 Å². The van der Waals surface area contributed by atoms with Gasteiger partial charge in [0.2, 0.25) is 0 Å². The van der Waals surface area contributed by atoms with E-state index >= 15 is 0 Å². The van der Waals surface area contributed by atoms with Crippen molar-refractivity contribution >= 4 is 5.78 Å². The van der Waals surface area contributed by atoms with Crippen LogP contribution in [0.15, 0.2) is 42.6 Å². The summed E-state index contributed by atoms with van der Waals surface area (Å²) in [6.45, 7) is 3.78. The number of pyridine rings is 1. The molecule has 0 aliphatic heterocycles. The summed E-state index contributed by atoms with van der Waals surface area (Å²) in [5.41, 5.74) is 2.45. The maximum absolute atomic E-state index is 11.7. The van der Waals surface area contributed by atoms with E-state index in [4.69, 9.17) is 0 Å². The summed E-state index contributed by atoms with van der Waals surface area (Å²) in [7, 11) is 0. The van der Waals surface area contributed by atoms with Gasteiger partial charge in [-0.05, 0) is 5.69 Å². The molecule has 0 N–H and O–H groups in total. The fraction of sp³-hybridized carbons (Fsp3) is 0.188. The number of ketones is 1. The summed E-state index contributed by atoms with van der Waals surface area (Å²) in [4.78, 5) is 16.0. The van der Waals surface area contributed by atoms with Crippen LogP contribution in [0.1, 0.15) is 24.2 Å². The van der Waals surface area contributed by atoms with Gasteiger partial charge in [-0.25, -0.2) is 0 Å². The molecule has 103 valence electrons. The molecule has 0 aliphatic carbocycles. The number of carbonyl (C=O) groups excluding carboxylic acids is 1. The second kappa shape index (κ2) is 7.98. The standard InChI is InChI=1S/C15H14NO.CH3.Ir/c1-11(2)15(17)13-8-9-14(16-10-13)12-6-4-3-5-7-12;;/h3-6,8-11H,1-2H3;1H3;/q2*-1;. The first-order chi connectivity index (χ1) is 8.18. The van der Waals surface area contributed by atoms with E-state index in [9.17, 15) is 4.79 Å². The first-order valence-corrected chi connectivity index (χ1v) is 5.66. The first kappa shape index (κ1) is 17.7. The van der Waals surface area contributed by atoms with Gasteiger partial charge in [0.1, 0.15) is 0 Å².